The van der Waals surface area contributed by atoms with E-state index in [-0.39, 0.29) is 5.78 Å². The summed E-state index contributed by atoms with van der Waals surface area (Å²) in [6.45, 7) is 1.58. The van der Waals surface area contributed by atoms with E-state index in [9.17, 15) is 4.79 Å². The highest BCUT2D eigenvalue weighted by Gasteiger charge is 2.05. The van der Waals surface area contributed by atoms with Crippen molar-refractivity contribution in [3.63, 3.8) is 0 Å². The van der Waals surface area contributed by atoms with E-state index in [0.29, 0.717) is 32.7 Å². The molecule has 0 fully saturated rings. The summed E-state index contributed by atoms with van der Waals surface area (Å²) in [6, 6.07) is 0. The number of nitrogens with zero attached hydrogens (tertiary/aromatic N) is 1. The summed E-state index contributed by atoms with van der Waals surface area (Å²) < 4.78 is 10.0. The molecule has 0 atom stereocenters. The highest BCUT2D eigenvalue weighted by molar-refractivity contribution is 7.09. The number of ketones is 1. The van der Waals surface area contributed by atoms with Crippen molar-refractivity contribution >= 4 is 17.1 Å². The van der Waals surface area contributed by atoms with E-state index in [1.165, 1.54) is 11.3 Å². The van der Waals surface area contributed by atoms with Crippen LogP contribution < -0.4 is 0 Å². The molecule has 0 N–H and O–H groups in total. The number of ether oxygens (including phenoxy) is 2. The van der Waals surface area contributed by atoms with Gasteiger partial charge in [-0.1, -0.05) is 0 Å². The summed E-state index contributed by atoms with van der Waals surface area (Å²) in [5.41, 5.74) is 0. The summed E-state index contributed by atoms with van der Waals surface area (Å²) in [4.78, 5) is 15.4. The molecule has 15 heavy (non-hydrogen) atoms. The quantitative estimate of drug-likeness (QED) is 0.631. The van der Waals surface area contributed by atoms with Crippen LogP contribution in [-0.4, -0.2) is 37.7 Å². The maximum absolute atomic E-state index is 11.4. The number of rotatable bonds is 8. The van der Waals surface area contributed by atoms with Gasteiger partial charge in [0.2, 0.25) is 0 Å². The molecule has 0 aliphatic heterocycles. The third-order valence-corrected chi connectivity index (χ3v) is 2.57. The summed E-state index contributed by atoms with van der Waals surface area (Å²) in [7, 11) is 1.62. The zero-order chi connectivity index (χ0) is 10.9. The van der Waals surface area contributed by atoms with E-state index in [1.54, 1.807) is 13.3 Å². The van der Waals surface area contributed by atoms with Crippen molar-refractivity contribution in [2.75, 3.05) is 26.9 Å². The van der Waals surface area contributed by atoms with Crippen LogP contribution in [0.1, 0.15) is 11.4 Å². The lowest BCUT2D eigenvalue weighted by Gasteiger charge is -2.01. The summed E-state index contributed by atoms with van der Waals surface area (Å²) in [5.74, 6) is 0.169. The molecule has 0 amide bonds. The van der Waals surface area contributed by atoms with Gasteiger partial charge >= 0.3 is 0 Å². The molecule has 0 aromatic carbocycles. The first kappa shape index (κ1) is 12.3. The zero-order valence-electron chi connectivity index (χ0n) is 8.77. The normalized spacial score (nSPS) is 10.5. The number of aromatic nitrogens is 1. The van der Waals surface area contributed by atoms with Gasteiger partial charge in [-0.3, -0.25) is 4.79 Å². The first-order valence-electron chi connectivity index (χ1n) is 4.79. The third kappa shape index (κ3) is 5.61. The molecule has 0 unspecified atom stereocenters. The number of methoxy groups -OCH3 is 1. The van der Waals surface area contributed by atoms with Crippen LogP contribution in [-0.2, 0) is 20.7 Å². The van der Waals surface area contributed by atoms with Crippen LogP contribution in [0.2, 0.25) is 0 Å². The highest BCUT2D eigenvalue weighted by atomic mass is 32.1. The molecule has 1 aromatic heterocycles. The Labute approximate surface area is 93.2 Å². The lowest BCUT2D eigenvalue weighted by molar-refractivity contribution is -0.119. The van der Waals surface area contributed by atoms with Crippen LogP contribution in [0.4, 0.5) is 0 Å². The second kappa shape index (κ2) is 7.50. The second-order valence-corrected chi connectivity index (χ2v) is 3.98. The number of hydrogen-bond donors (Lipinski definition) is 0. The molecule has 1 aromatic rings. The molecule has 0 spiro atoms. The van der Waals surface area contributed by atoms with Crippen molar-refractivity contribution in [2.45, 2.75) is 12.8 Å². The van der Waals surface area contributed by atoms with Gasteiger partial charge in [0, 0.05) is 25.1 Å². The molecule has 4 nitrogen and oxygen atoms in total. The van der Waals surface area contributed by atoms with Crippen molar-refractivity contribution in [1.82, 2.24) is 4.98 Å². The van der Waals surface area contributed by atoms with Crippen LogP contribution in [0.5, 0.6) is 0 Å². The molecule has 1 heterocycles. The van der Waals surface area contributed by atoms with Gasteiger partial charge < -0.3 is 9.47 Å². The SMILES string of the molecule is COCCOCCC(=O)Cc1nccs1. The van der Waals surface area contributed by atoms with Crippen molar-refractivity contribution in [1.29, 1.82) is 0 Å². The smallest absolute Gasteiger partial charge is 0.141 e. The highest BCUT2D eigenvalue weighted by Crippen LogP contribution is 2.06. The minimum absolute atomic E-state index is 0.169. The van der Waals surface area contributed by atoms with E-state index in [4.69, 9.17) is 9.47 Å². The average molecular weight is 229 g/mol. The Hall–Kier alpha value is -0.780. The Bertz CT molecular complexity index is 274. The summed E-state index contributed by atoms with van der Waals surface area (Å²) >= 11 is 1.51. The van der Waals surface area contributed by atoms with Crippen LogP contribution in [0.3, 0.4) is 0 Å². The first-order valence-corrected chi connectivity index (χ1v) is 5.67. The molecular formula is C10H15NO3S. The third-order valence-electron chi connectivity index (χ3n) is 1.79. The van der Waals surface area contributed by atoms with Crippen molar-refractivity contribution < 1.29 is 14.3 Å². The predicted molar refractivity (Wildman–Crippen MR) is 58.1 cm³/mol. The van der Waals surface area contributed by atoms with Crippen LogP contribution in [0.15, 0.2) is 11.6 Å². The van der Waals surface area contributed by atoms with Crippen molar-refractivity contribution in [3.05, 3.63) is 16.6 Å². The molecular weight excluding hydrogens is 214 g/mol. The largest absolute Gasteiger partial charge is 0.382 e. The lowest BCUT2D eigenvalue weighted by atomic mass is 10.2. The summed E-state index contributed by atoms with van der Waals surface area (Å²) in [5, 5.41) is 2.74. The zero-order valence-corrected chi connectivity index (χ0v) is 9.59. The van der Waals surface area contributed by atoms with Crippen LogP contribution in [0, 0.1) is 0 Å². The van der Waals surface area contributed by atoms with Crippen molar-refractivity contribution in [2.24, 2.45) is 0 Å². The van der Waals surface area contributed by atoms with E-state index < -0.39 is 0 Å². The van der Waals surface area contributed by atoms with Gasteiger partial charge in [-0.05, 0) is 0 Å². The Morgan fingerprint density at radius 3 is 3.00 bits per heavy atom. The first-order chi connectivity index (χ1) is 7.33. The number of Topliss-reactive ketones (excluding diaryl/α,β-unsaturated/α-hetero) is 1. The minimum atomic E-state index is 0.169. The number of carbonyl (C=O) groups excluding carboxylic acids is 1. The fraction of sp³-hybridized carbons (Fsp3) is 0.600. The molecule has 84 valence electrons. The lowest BCUT2D eigenvalue weighted by Crippen LogP contribution is -2.09. The monoisotopic (exact) mass is 229 g/mol. The second-order valence-electron chi connectivity index (χ2n) is 3.00. The van der Waals surface area contributed by atoms with E-state index in [2.05, 4.69) is 4.98 Å². The maximum Gasteiger partial charge on any atom is 0.141 e. The molecule has 0 saturated heterocycles. The Morgan fingerprint density at radius 2 is 2.33 bits per heavy atom. The Morgan fingerprint density at radius 1 is 1.47 bits per heavy atom. The van der Waals surface area contributed by atoms with Gasteiger partial charge in [0.15, 0.2) is 0 Å². The van der Waals surface area contributed by atoms with Crippen LogP contribution in [0.25, 0.3) is 0 Å². The fourth-order valence-electron chi connectivity index (χ4n) is 1.03. The predicted octanol–water partition coefficient (Wildman–Crippen LogP) is 1.31. The number of carbonyl (C=O) groups is 1. The van der Waals surface area contributed by atoms with Gasteiger partial charge in [-0.2, -0.15) is 0 Å². The fourth-order valence-corrected chi connectivity index (χ4v) is 1.67. The van der Waals surface area contributed by atoms with Gasteiger partial charge in [0.05, 0.1) is 31.2 Å². The van der Waals surface area contributed by atoms with Gasteiger partial charge in [-0.25, -0.2) is 4.98 Å². The van der Waals surface area contributed by atoms with E-state index in [0.717, 1.165) is 5.01 Å². The van der Waals surface area contributed by atoms with Gasteiger partial charge in [-0.15, -0.1) is 11.3 Å². The molecule has 0 radical (unpaired) electrons. The summed E-state index contributed by atoms with van der Waals surface area (Å²) in [6.07, 6.45) is 2.58. The number of hydrogen-bond acceptors (Lipinski definition) is 5. The van der Waals surface area contributed by atoms with Crippen LogP contribution >= 0.6 is 11.3 Å². The molecule has 0 aliphatic rings. The molecule has 5 heteroatoms. The minimum Gasteiger partial charge on any atom is -0.382 e. The molecule has 0 aliphatic carbocycles. The topological polar surface area (TPSA) is 48.4 Å². The van der Waals surface area contributed by atoms with Gasteiger partial charge in [0.1, 0.15) is 5.78 Å². The number of thiazole rings is 1. The Balaban J connectivity index is 2.04. The van der Waals surface area contributed by atoms with Crippen molar-refractivity contribution in [3.8, 4) is 0 Å². The maximum atomic E-state index is 11.4. The van der Waals surface area contributed by atoms with Gasteiger partial charge in [0.25, 0.3) is 0 Å². The average Bonchev–Trinajstić information content (AvgIpc) is 2.70. The Kier molecular flexibility index (Phi) is 6.15. The standard InChI is InChI=1S/C10H15NO3S/c1-13-5-6-14-4-2-9(12)8-10-11-3-7-15-10/h3,7H,2,4-6,8H2,1H3. The van der Waals surface area contributed by atoms with E-state index >= 15 is 0 Å². The molecule has 0 saturated carbocycles. The molecule has 0 bridgehead atoms. The van der Waals surface area contributed by atoms with E-state index in [1.807, 2.05) is 5.38 Å². The molecule has 1 rings (SSSR count).